The molecule has 1 aromatic rings. The highest BCUT2D eigenvalue weighted by molar-refractivity contribution is 6.28. The molecule has 16 heavy (non-hydrogen) atoms. The molecular formula is C11H18ClN3O. The Morgan fingerprint density at radius 3 is 2.50 bits per heavy atom. The van der Waals surface area contributed by atoms with Crippen LogP contribution in [0.15, 0.2) is 6.07 Å². The van der Waals surface area contributed by atoms with Crippen LogP contribution in [0.5, 0.6) is 0 Å². The molecule has 1 rings (SSSR count). The van der Waals surface area contributed by atoms with E-state index in [1.54, 1.807) is 13.8 Å². The predicted octanol–water partition coefficient (Wildman–Crippen LogP) is 2.04. The maximum absolute atomic E-state index is 9.80. The lowest BCUT2D eigenvalue weighted by atomic mass is 10.1. The van der Waals surface area contributed by atoms with Gasteiger partial charge in [0.1, 0.15) is 5.82 Å². The highest BCUT2D eigenvalue weighted by Gasteiger charge is 2.18. The topological polar surface area (TPSA) is 49.2 Å². The fourth-order valence-electron chi connectivity index (χ4n) is 1.50. The van der Waals surface area contributed by atoms with Crippen LogP contribution in [0.2, 0.25) is 5.28 Å². The van der Waals surface area contributed by atoms with Crippen molar-refractivity contribution in [2.24, 2.45) is 0 Å². The van der Waals surface area contributed by atoms with Gasteiger partial charge in [0.05, 0.1) is 5.60 Å². The van der Waals surface area contributed by atoms with E-state index in [2.05, 4.69) is 9.97 Å². The van der Waals surface area contributed by atoms with Crippen molar-refractivity contribution in [1.29, 1.82) is 0 Å². The van der Waals surface area contributed by atoms with Crippen LogP contribution >= 0.6 is 11.6 Å². The molecule has 0 amide bonds. The molecule has 0 aliphatic heterocycles. The molecule has 1 heterocycles. The number of aromatic nitrogens is 2. The molecule has 1 aromatic heterocycles. The van der Waals surface area contributed by atoms with E-state index >= 15 is 0 Å². The van der Waals surface area contributed by atoms with Crippen molar-refractivity contribution in [3.8, 4) is 0 Å². The summed E-state index contributed by atoms with van der Waals surface area (Å²) in [6.45, 7) is 8.69. The summed E-state index contributed by atoms with van der Waals surface area (Å²) in [7, 11) is 0. The van der Waals surface area contributed by atoms with Gasteiger partial charge < -0.3 is 10.0 Å². The monoisotopic (exact) mass is 243 g/mol. The van der Waals surface area contributed by atoms with Gasteiger partial charge in [0.25, 0.3) is 0 Å². The number of hydrogen-bond donors (Lipinski definition) is 1. The van der Waals surface area contributed by atoms with Gasteiger partial charge in [0.15, 0.2) is 0 Å². The summed E-state index contributed by atoms with van der Waals surface area (Å²) in [6, 6.07) is 1.86. The van der Waals surface area contributed by atoms with Gasteiger partial charge in [-0.2, -0.15) is 0 Å². The molecule has 0 fully saturated rings. The second-order valence-corrected chi connectivity index (χ2v) is 4.80. The summed E-state index contributed by atoms with van der Waals surface area (Å²) in [5, 5.41) is 10.0. The molecule has 1 N–H and O–H groups in total. The molecule has 4 nitrogen and oxygen atoms in total. The minimum atomic E-state index is -0.763. The Bertz CT molecular complexity index is 342. The summed E-state index contributed by atoms with van der Waals surface area (Å²) in [6.07, 6.45) is 0. The van der Waals surface area contributed by atoms with Crippen LogP contribution < -0.4 is 4.90 Å². The molecule has 0 bridgehead atoms. The zero-order valence-electron chi connectivity index (χ0n) is 10.2. The van der Waals surface area contributed by atoms with Crippen molar-refractivity contribution in [2.45, 2.75) is 33.3 Å². The number of anilines is 1. The van der Waals surface area contributed by atoms with E-state index in [0.717, 1.165) is 18.1 Å². The molecule has 5 heteroatoms. The van der Waals surface area contributed by atoms with Gasteiger partial charge in [0, 0.05) is 24.8 Å². The number of nitrogens with zero attached hydrogens (tertiary/aromatic N) is 3. The first-order valence-corrected chi connectivity index (χ1v) is 5.68. The number of halogens is 1. The minimum absolute atomic E-state index is 0.240. The molecule has 0 saturated heterocycles. The molecule has 0 unspecified atom stereocenters. The zero-order chi connectivity index (χ0) is 12.3. The van der Waals surface area contributed by atoms with E-state index in [4.69, 9.17) is 11.6 Å². The fraction of sp³-hybridized carbons (Fsp3) is 0.636. The Morgan fingerprint density at radius 1 is 1.44 bits per heavy atom. The number of aliphatic hydroxyl groups is 1. The van der Waals surface area contributed by atoms with Crippen LogP contribution in [0, 0.1) is 6.92 Å². The van der Waals surface area contributed by atoms with Crippen LogP contribution in [0.3, 0.4) is 0 Å². The van der Waals surface area contributed by atoms with Gasteiger partial charge in [-0.1, -0.05) is 0 Å². The van der Waals surface area contributed by atoms with E-state index in [9.17, 15) is 5.11 Å². The molecule has 0 aliphatic carbocycles. The third-order valence-corrected chi connectivity index (χ3v) is 2.27. The number of hydrogen-bond acceptors (Lipinski definition) is 4. The summed E-state index contributed by atoms with van der Waals surface area (Å²) in [4.78, 5) is 10.1. The average molecular weight is 244 g/mol. The normalized spacial score (nSPS) is 11.6. The van der Waals surface area contributed by atoms with Crippen molar-refractivity contribution < 1.29 is 5.11 Å². The summed E-state index contributed by atoms with van der Waals surface area (Å²) in [5.74, 6) is 0.752. The van der Waals surface area contributed by atoms with Crippen LogP contribution in [0.4, 0.5) is 5.82 Å². The van der Waals surface area contributed by atoms with Gasteiger partial charge in [0.2, 0.25) is 5.28 Å². The summed E-state index contributed by atoms with van der Waals surface area (Å²) < 4.78 is 0. The Labute approximate surface area is 101 Å². The zero-order valence-corrected chi connectivity index (χ0v) is 10.9. The molecule has 0 aromatic carbocycles. The van der Waals surface area contributed by atoms with Gasteiger partial charge in [-0.3, -0.25) is 0 Å². The molecule has 0 atom stereocenters. The lowest BCUT2D eigenvalue weighted by Gasteiger charge is -2.29. The van der Waals surface area contributed by atoms with E-state index in [1.165, 1.54) is 0 Å². The Morgan fingerprint density at radius 2 is 2.06 bits per heavy atom. The lowest BCUT2D eigenvalue weighted by Crippen LogP contribution is -2.39. The van der Waals surface area contributed by atoms with Crippen LogP contribution in [0.25, 0.3) is 0 Å². The van der Waals surface area contributed by atoms with Crippen molar-refractivity contribution in [2.75, 3.05) is 18.0 Å². The highest BCUT2D eigenvalue weighted by atomic mass is 35.5. The van der Waals surface area contributed by atoms with E-state index < -0.39 is 5.60 Å². The fourth-order valence-corrected chi connectivity index (χ4v) is 1.72. The second kappa shape index (κ2) is 4.97. The molecule has 0 spiro atoms. The summed E-state index contributed by atoms with van der Waals surface area (Å²) >= 11 is 5.81. The molecular weight excluding hydrogens is 226 g/mol. The Kier molecular flexibility index (Phi) is 4.10. The third-order valence-electron chi connectivity index (χ3n) is 2.10. The van der Waals surface area contributed by atoms with Crippen molar-refractivity contribution in [3.05, 3.63) is 17.0 Å². The highest BCUT2D eigenvalue weighted by Crippen LogP contribution is 2.17. The van der Waals surface area contributed by atoms with E-state index in [0.29, 0.717) is 6.54 Å². The van der Waals surface area contributed by atoms with Crippen LogP contribution in [0.1, 0.15) is 26.5 Å². The van der Waals surface area contributed by atoms with Crippen molar-refractivity contribution in [1.82, 2.24) is 9.97 Å². The average Bonchev–Trinajstić information content (AvgIpc) is 2.11. The quantitative estimate of drug-likeness (QED) is 0.823. The second-order valence-electron chi connectivity index (χ2n) is 4.46. The molecule has 0 aliphatic rings. The first-order chi connectivity index (χ1) is 7.31. The Hall–Kier alpha value is -0.870. The number of aryl methyl sites for hydroxylation is 1. The lowest BCUT2D eigenvalue weighted by molar-refractivity contribution is 0.0874. The molecule has 90 valence electrons. The smallest absolute Gasteiger partial charge is 0.224 e. The summed E-state index contributed by atoms with van der Waals surface area (Å²) in [5.41, 5.74) is 0.0608. The van der Waals surface area contributed by atoms with Crippen molar-refractivity contribution in [3.63, 3.8) is 0 Å². The minimum Gasteiger partial charge on any atom is -0.389 e. The van der Waals surface area contributed by atoms with Gasteiger partial charge >= 0.3 is 0 Å². The van der Waals surface area contributed by atoms with Crippen LogP contribution in [-0.2, 0) is 0 Å². The number of likely N-dealkylation sites (N-methyl/N-ethyl adjacent to an activating group) is 1. The van der Waals surface area contributed by atoms with Gasteiger partial charge in [-0.05, 0) is 39.3 Å². The van der Waals surface area contributed by atoms with E-state index in [-0.39, 0.29) is 5.28 Å². The van der Waals surface area contributed by atoms with Crippen molar-refractivity contribution >= 4 is 17.4 Å². The first-order valence-electron chi connectivity index (χ1n) is 5.30. The van der Waals surface area contributed by atoms with E-state index in [1.807, 2.05) is 24.8 Å². The SMILES string of the molecule is CCN(CC(C)(C)O)c1cc(C)nc(Cl)n1. The van der Waals surface area contributed by atoms with Gasteiger partial charge in [-0.15, -0.1) is 0 Å². The maximum atomic E-state index is 9.80. The molecule has 0 radical (unpaired) electrons. The largest absolute Gasteiger partial charge is 0.389 e. The Balaban J connectivity index is 2.95. The third kappa shape index (κ3) is 3.94. The first kappa shape index (κ1) is 13.2. The standard InChI is InChI=1S/C11H18ClN3O/c1-5-15(7-11(3,4)16)9-6-8(2)13-10(12)14-9/h6,16H,5,7H2,1-4H3. The number of rotatable bonds is 4. The maximum Gasteiger partial charge on any atom is 0.224 e. The van der Waals surface area contributed by atoms with Crippen LogP contribution in [-0.4, -0.2) is 33.8 Å². The predicted molar refractivity (Wildman–Crippen MR) is 66.0 cm³/mol. The molecule has 0 saturated carbocycles. The van der Waals surface area contributed by atoms with Gasteiger partial charge in [-0.25, -0.2) is 9.97 Å².